The second kappa shape index (κ2) is 11.9. The number of fused-ring (bicyclic) bond motifs is 1. The van der Waals surface area contributed by atoms with E-state index in [-0.39, 0.29) is 17.6 Å². The smallest absolute Gasteiger partial charge is 0.282 e. The van der Waals surface area contributed by atoms with Crippen LogP contribution in [0.4, 0.5) is 0 Å². The lowest BCUT2D eigenvalue weighted by atomic mass is 9.96. The average molecular weight is 548 g/mol. The molecule has 39 heavy (non-hydrogen) atoms. The SMILES string of the molecule is CC[C@@H](C)Oc1c(C=Nn2c(-c3cc(C(C)C)c(OC)cc3C)nc3ccccc3c2=O)cc(Cl)cc1OC. The van der Waals surface area contributed by atoms with Crippen molar-refractivity contribution in [3.05, 3.63) is 80.6 Å². The van der Waals surface area contributed by atoms with Gasteiger partial charge < -0.3 is 14.2 Å². The van der Waals surface area contributed by atoms with Gasteiger partial charge in [0.2, 0.25) is 0 Å². The van der Waals surface area contributed by atoms with Crippen LogP contribution in [0.15, 0.2) is 58.4 Å². The molecule has 0 fully saturated rings. The van der Waals surface area contributed by atoms with Crippen LogP contribution >= 0.6 is 11.6 Å². The Labute approximate surface area is 234 Å². The molecule has 0 saturated heterocycles. The van der Waals surface area contributed by atoms with Crippen molar-refractivity contribution in [2.75, 3.05) is 14.2 Å². The van der Waals surface area contributed by atoms with E-state index in [1.807, 2.05) is 51.1 Å². The van der Waals surface area contributed by atoms with Crippen molar-refractivity contribution in [2.45, 2.75) is 53.1 Å². The van der Waals surface area contributed by atoms with Gasteiger partial charge in [-0.2, -0.15) is 9.78 Å². The zero-order valence-electron chi connectivity index (χ0n) is 23.4. The lowest BCUT2D eigenvalue weighted by Gasteiger charge is -2.18. The van der Waals surface area contributed by atoms with E-state index >= 15 is 0 Å². The Kier molecular flexibility index (Phi) is 8.60. The molecule has 3 aromatic carbocycles. The van der Waals surface area contributed by atoms with Gasteiger partial charge in [0.05, 0.1) is 37.4 Å². The third-order valence-corrected chi connectivity index (χ3v) is 6.89. The van der Waals surface area contributed by atoms with Crippen LogP contribution in [0.1, 0.15) is 56.7 Å². The highest BCUT2D eigenvalue weighted by molar-refractivity contribution is 6.31. The maximum atomic E-state index is 13.8. The van der Waals surface area contributed by atoms with Gasteiger partial charge in [0, 0.05) is 22.2 Å². The Morgan fingerprint density at radius 3 is 2.44 bits per heavy atom. The molecule has 0 aliphatic rings. The van der Waals surface area contributed by atoms with Gasteiger partial charge >= 0.3 is 0 Å². The van der Waals surface area contributed by atoms with Crippen molar-refractivity contribution >= 4 is 28.7 Å². The molecule has 0 spiro atoms. The van der Waals surface area contributed by atoms with Crippen molar-refractivity contribution in [3.63, 3.8) is 0 Å². The van der Waals surface area contributed by atoms with Crippen LogP contribution < -0.4 is 19.8 Å². The first-order valence-corrected chi connectivity index (χ1v) is 13.3. The summed E-state index contributed by atoms with van der Waals surface area (Å²) >= 11 is 6.40. The Bertz CT molecular complexity index is 1590. The number of benzene rings is 3. The normalized spacial score (nSPS) is 12.3. The quantitative estimate of drug-likeness (QED) is 0.207. The number of hydrogen-bond acceptors (Lipinski definition) is 6. The topological polar surface area (TPSA) is 74.9 Å². The van der Waals surface area contributed by atoms with Gasteiger partial charge in [-0.1, -0.05) is 44.5 Å². The van der Waals surface area contributed by atoms with Crippen LogP contribution in [0.2, 0.25) is 5.02 Å². The Morgan fingerprint density at radius 2 is 1.77 bits per heavy atom. The van der Waals surface area contributed by atoms with Gasteiger partial charge in [0.1, 0.15) is 5.75 Å². The number of aromatic nitrogens is 2. The summed E-state index contributed by atoms with van der Waals surface area (Å²) in [7, 11) is 3.22. The minimum atomic E-state index is -0.286. The summed E-state index contributed by atoms with van der Waals surface area (Å²) in [5.41, 5.74) is 3.61. The van der Waals surface area contributed by atoms with Crippen molar-refractivity contribution in [2.24, 2.45) is 5.10 Å². The van der Waals surface area contributed by atoms with Crippen molar-refractivity contribution in [1.29, 1.82) is 0 Å². The summed E-state index contributed by atoms with van der Waals surface area (Å²) in [6.45, 7) is 10.2. The molecule has 8 heteroatoms. The summed E-state index contributed by atoms with van der Waals surface area (Å²) in [6.07, 6.45) is 2.30. The fraction of sp³-hybridized carbons (Fsp3) is 0.323. The summed E-state index contributed by atoms with van der Waals surface area (Å²) in [4.78, 5) is 18.7. The first-order valence-electron chi connectivity index (χ1n) is 13.0. The maximum Gasteiger partial charge on any atom is 0.282 e. The fourth-order valence-electron chi connectivity index (χ4n) is 4.34. The monoisotopic (exact) mass is 547 g/mol. The molecule has 0 radical (unpaired) electrons. The predicted molar refractivity (Wildman–Crippen MR) is 158 cm³/mol. The van der Waals surface area contributed by atoms with E-state index < -0.39 is 0 Å². The minimum absolute atomic E-state index is 0.0655. The van der Waals surface area contributed by atoms with Gasteiger partial charge in [-0.3, -0.25) is 4.79 Å². The number of aryl methyl sites for hydroxylation is 1. The van der Waals surface area contributed by atoms with Gasteiger partial charge in [-0.05, 0) is 67.6 Å². The van der Waals surface area contributed by atoms with E-state index in [9.17, 15) is 4.79 Å². The maximum absolute atomic E-state index is 13.8. The molecule has 204 valence electrons. The zero-order chi connectivity index (χ0) is 28.3. The molecule has 4 aromatic rings. The van der Waals surface area contributed by atoms with Gasteiger partial charge in [0.25, 0.3) is 5.56 Å². The van der Waals surface area contributed by atoms with E-state index in [4.69, 9.17) is 30.8 Å². The predicted octanol–water partition coefficient (Wildman–Crippen LogP) is 7.23. The number of halogens is 1. The van der Waals surface area contributed by atoms with Crippen molar-refractivity contribution < 1.29 is 14.2 Å². The fourth-order valence-corrected chi connectivity index (χ4v) is 4.56. The van der Waals surface area contributed by atoms with Gasteiger partial charge in [-0.15, -0.1) is 0 Å². The van der Waals surface area contributed by atoms with E-state index in [0.29, 0.717) is 38.8 Å². The van der Waals surface area contributed by atoms with E-state index in [1.165, 1.54) is 4.68 Å². The molecule has 1 atom stereocenters. The highest BCUT2D eigenvalue weighted by atomic mass is 35.5. The van der Waals surface area contributed by atoms with Crippen molar-refractivity contribution in [1.82, 2.24) is 9.66 Å². The largest absolute Gasteiger partial charge is 0.496 e. The van der Waals surface area contributed by atoms with E-state index in [0.717, 1.165) is 28.9 Å². The second-order valence-corrected chi connectivity index (χ2v) is 10.2. The molecule has 0 unspecified atom stereocenters. The van der Waals surface area contributed by atoms with E-state index in [1.54, 1.807) is 38.6 Å². The standard InChI is InChI=1S/C31H34ClN3O4/c1-8-20(5)39-29-21(14-22(32)15-28(29)38-7)17-33-35-30(34-26-12-10-9-11-23(26)31(35)36)25-16-24(18(2)3)27(37-6)13-19(25)4/h9-18,20H,8H2,1-7H3/t20-/m1/s1. The molecular weight excluding hydrogens is 514 g/mol. The Hall–Kier alpha value is -3.84. The lowest BCUT2D eigenvalue weighted by Crippen LogP contribution is -2.21. The molecule has 0 aliphatic carbocycles. The van der Waals surface area contributed by atoms with Gasteiger partial charge in [0.15, 0.2) is 17.3 Å². The number of nitrogens with zero attached hydrogens (tertiary/aromatic N) is 3. The molecule has 1 aromatic heterocycles. The highest BCUT2D eigenvalue weighted by Crippen LogP contribution is 2.36. The number of methoxy groups -OCH3 is 2. The highest BCUT2D eigenvalue weighted by Gasteiger charge is 2.19. The molecule has 0 saturated carbocycles. The van der Waals surface area contributed by atoms with Crippen LogP contribution in [-0.4, -0.2) is 36.2 Å². The molecular formula is C31H34ClN3O4. The van der Waals surface area contributed by atoms with Crippen LogP contribution in [0.5, 0.6) is 17.2 Å². The summed E-state index contributed by atoms with van der Waals surface area (Å²) in [5, 5.41) is 5.59. The number of hydrogen-bond donors (Lipinski definition) is 0. The number of rotatable bonds is 9. The molecule has 0 amide bonds. The summed E-state index contributed by atoms with van der Waals surface area (Å²) < 4.78 is 18.7. The van der Waals surface area contributed by atoms with Crippen LogP contribution in [0.25, 0.3) is 22.3 Å². The van der Waals surface area contributed by atoms with Crippen LogP contribution in [0, 0.1) is 6.92 Å². The summed E-state index contributed by atoms with van der Waals surface area (Å²) in [5.74, 6) is 2.41. The first kappa shape index (κ1) is 28.2. The van der Waals surface area contributed by atoms with Gasteiger partial charge in [-0.25, -0.2) is 4.98 Å². The third kappa shape index (κ3) is 5.78. The minimum Gasteiger partial charge on any atom is -0.496 e. The third-order valence-electron chi connectivity index (χ3n) is 6.67. The average Bonchev–Trinajstić information content (AvgIpc) is 2.92. The number of para-hydroxylation sites is 1. The second-order valence-electron chi connectivity index (χ2n) is 9.74. The summed E-state index contributed by atoms with van der Waals surface area (Å²) in [6, 6.07) is 14.7. The van der Waals surface area contributed by atoms with E-state index in [2.05, 4.69) is 18.9 Å². The van der Waals surface area contributed by atoms with Crippen molar-refractivity contribution in [3.8, 4) is 28.6 Å². The molecule has 4 rings (SSSR count). The number of ether oxygens (including phenoxy) is 3. The molecule has 1 heterocycles. The molecule has 7 nitrogen and oxygen atoms in total. The lowest BCUT2D eigenvalue weighted by molar-refractivity contribution is 0.207. The molecule has 0 aliphatic heterocycles. The zero-order valence-corrected chi connectivity index (χ0v) is 24.2. The molecule has 0 N–H and O–H groups in total. The van der Waals surface area contributed by atoms with Crippen LogP contribution in [-0.2, 0) is 0 Å². The first-order chi connectivity index (χ1) is 18.7. The molecule has 0 bridgehead atoms. The Balaban J connectivity index is 1.99. The van der Waals surface area contributed by atoms with Crippen LogP contribution in [0.3, 0.4) is 0 Å². The Morgan fingerprint density at radius 1 is 1.05 bits per heavy atom.